The van der Waals surface area contributed by atoms with Crippen molar-refractivity contribution in [2.75, 3.05) is 0 Å². The highest BCUT2D eigenvalue weighted by Crippen LogP contribution is 2.35. The molecule has 0 radical (unpaired) electrons. The maximum Gasteiger partial charge on any atom is -0.00179 e. The summed E-state index contributed by atoms with van der Waals surface area (Å²) in [5, 5.41) is 0. The number of hydrogen-bond acceptors (Lipinski definition) is 0. The molecule has 0 saturated carbocycles. The molecule has 0 heteroatoms. The fourth-order valence-corrected chi connectivity index (χ4v) is 1.87. The summed E-state index contributed by atoms with van der Waals surface area (Å²) in [4.78, 5) is 0. The van der Waals surface area contributed by atoms with E-state index in [9.17, 15) is 0 Å². The SMILES string of the molecule is C=CC(C)C(C)(CC)c1ccccc1. The average Bonchev–Trinajstić information content (AvgIpc) is 2.28. The summed E-state index contributed by atoms with van der Waals surface area (Å²) < 4.78 is 0. The van der Waals surface area contributed by atoms with Gasteiger partial charge >= 0.3 is 0 Å². The molecule has 14 heavy (non-hydrogen) atoms. The predicted molar refractivity (Wildman–Crippen MR) is 63.4 cm³/mol. The van der Waals surface area contributed by atoms with Crippen LogP contribution in [0.1, 0.15) is 32.8 Å². The second kappa shape index (κ2) is 4.45. The maximum atomic E-state index is 3.90. The van der Waals surface area contributed by atoms with Crippen molar-refractivity contribution in [1.82, 2.24) is 0 Å². The molecule has 2 unspecified atom stereocenters. The Hall–Kier alpha value is -1.04. The van der Waals surface area contributed by atoms with Crippen LogP contribution in [0.2, 0.25) is 0 Å². The van der Waals surface area contributed by atoms with Gasteiger partial charge in [-0.2, -0.15) is 0 Å². The number of rotatable bonds is 4. The first-order valence-electron chi connectivity index (χ1n) is 5.33. The molecule has 76 valence electrons. The summed E-state index contributed by atoms with van der Waals surface area (Å²) >= 11 is 0. The fourth-order valence-electron chi connectivity index (χ4n) is 1.87. The van der Waals surface area contributed by atoms with Crippen molar-refractivity contribution in [1.29, 1.82) is 0 Å². The topological polar surface area (TPSA) is 0 Å². The molecule has 0 aliphatic heterocycles. The van der Waals surface area contributed by atoms with Gasteiger partial charge in [-0.3, -0.25) is 0 Å². The van der Waals surface area contributed by atoms with Crippen LogP contribution in [0.5, 0.6) is 0 Å². The van der Waals surface area contributed by atoms with Gasteiger partial charge in [-0.25, -0.2) is 0 Å². The molecule has 0 aromatic heterocycles. The Morgan fingerprint density at radius 1 is 1.36 bits per heavy atom. The predicted octanol–water partition coefficient (Wildman–Crippen LogP) is 4.18. The van der Waals surface area contributed by atoms with Crippen molar-refractivity contribution in [3.8, 4) is 0 Å². The Balaban J connectivity index is 3.07. The minimum Gasteiger partial charge on any atom is -0.103 e. The van der Waals surface area contributed by atoms with E-state index in [1.807, 2.05) is 0 Å². The lowest BCUT2D eigenvalue weighted by molar-refractivity contribution is 0.358. The normalized spacial score (nSPS) is 17.1. The largest absolute Gasteiger partial charge is 0.103 e. The Morgan fingerprint density at radius 3 is 2.36 bits per heavy atom. The summed E-state index contributed by atoms with van der Waals surface area (Å²) in [5.74, 6) is 0.509. The molecule has 0 spiro atoms. The van der Waals surface area contributed by atoms with E-state index in [2.05, 4.69) is 63.8 Å². The Kier molecular flexibility index (Phi) is 3.51. The van der Waals surface area contributed by atoms with E-state index in [1.54, 1.807) is 0 Å². The van der Waals surface area contributed by atoms with Crippen molar-refractivity contribution in [2.45, 2.75) is 32.6 Å². The van der Waals surface area contributed by atoms with Crippen LogP contribution >= 0.6 is 0 Å². The van der Waals surface area contributed by atoms with E-state index in [0.29, 0.717) is 5.92 Å². The van der Waals surface area contributed by atoms with Crippen molar-refractivity contribution >= 4 is 0 Å². The highest BCUT2D eigenvalue weighted by molar-refractivity contribution is 5.26. The van der Waals surface area contributed by atoms with E-state index in [-0.39, 0.29) is 5.41 Å². The van der Waals surface area contributed by atoms with Gasteiger partial charge in [0.2, 0.25) is 0 Å². The molecule has 2 atom stereocenters. The van der Waals surface area contributed by atoms with E-state index in [4.69, 9.17) is 0 Å². The fraction of sp³-hybridized carbons (Fsp3) is 0.429. The van der Waals surface area contributed by atoms with Gasteiger partial charge in [0.15, 0.2) is 0 Å². The third kappa shape index (κ3) is 1.89. The second-order valence-electron chi connectivity index (χ2n) is 4.16. The summed E-state index contributed by atoms with van der Waals surface area (Å²) in [6.07, 6.45) is 3.20. The maximum absolute atomic E-state index is 3.90. The Bertz CT molecular complexity index is 286. The minimum absolute atomic E-state index is 0.225. The molecular formula is C14H20. The number of benzene rings is 1. The van der Waals surface area contributed by atoms with Crippen LogP contribution in [0.3, 0.4) is 0 Å². The highest BCUT2D eigenvalue weighted by atomic mass is 14.3. The van der Waals surface area contributed by atoms with Crippen molar-refractivity contribution in [2.24, 2.45) is 5.92 Å². The minimum atomic E-state index is 0.225. The zero-order chi connectivity index (χ0) is 10.6. The molecule has 1 aromatic rings. The molecule has 0 aliphatic rings. The Morgan fingerprint density at radius 2 is 1.93 bits per heavy atom. The molecular weight excluding hydrogens is 168 g/mol. The molecule has 0 aliphatic carbocycles. The van der Waals surface area contributed by atoms with Gasteiger partial charge in [-0.05, 0) is 23.3 Å². The molecule has 0 fully saturated rings. The standard InChI is InChI=1S/C14H20/c1-5-12(3)14(4,6-2)13-10-8-7-9-11-13/h5,7-12H,1,6H2,2-4H3. The zero-order valence-corrected chi connectivity index (χ0v) is 9.46. The molecule has 0 saturated heterocycles. The van der Waals surface area contributed by atoms with Gasteiger partial charge in [-0.15, -0.1) is 6.58 Å². The zero-order valence-electron chi connectivity index (χ0n) is 9.46. The van der Waals surface area contributed by atoms with Gasteiger partial charge < -0.3 is 0 Å². The summed E-state index contributed by atoms with van der Waals surface area (Å²) in [7, 11) is 0. The number of allylic oxidation sites excluding steroid dienone is 1. The molecule has 0 bridgehead atoms. The smallest absolute Gasteiger partial charge is 0.00179 e. The third-order valence-corrected chi connectivity index (χ3v) is 3.53. The average molecular weight is 188 g/mol. The van der Waals surface area contributed by atoms with Gasteiger partial charge in [0.05, 0.1) is 0 Å². The Labute approximate surface area is 87.7 Å². The van der Waals surface area contributed by atoms with Crippen molar-refractivity contribution in [3.05, 3.63) is 48.6 Å². The lowest BCUT2D eigenvalue weighted by atomic mass is 9.71. The summed E-state index contributed by atoms with van der Waals surface area (Å²) in [6.45, 7) is 10.7. The first kappa shape index (κ1) is 11.0. The molecule has 0 amide bonds. The van der Waals surface area contributed by atoms with Crippen molar-refractivity contribution < 1.29 is 0 Å². The van der Waals surface area contributed by atoms with Gasteiger partial charge in [0, 0.05) is 0 Å². The van der Waals surface area contributed by atoms with Crippen molar-refractivity contribution in [3.63, 3.8) is 0 Å². The van der Waals surface area contributed by atoms with Crippen LogP contribution in [-0.4, -0.2) is 0 Å². The molecule has 1 rings (SSSR count). The number of hydrogen-bond donors (Lipinski definition) is 0. The van der Waals surface area contributed by atoms with Crippen LogP contribution in [0.25, 0.3) is 0 Å². The quantitative estimate of drug-likeness (QED) is 0.622. The van der Waals surface area contributed by atoms with Gasteiger partial charge in [0.1, 0.15) is 0 Å². The van der Waals surface area contributed by atoms with E-state index in [0.717, 1.165) is 6.42 Å². The first-order valence-corrected chi connectivity index (χ1v) is 5.33. The summed E-state index contributed by atoms with van der Waals surface area (Å²) in [5.41, 5.74) is 1.64. The van der Waals surface area contributed by atoms with E-state index < -0.39 is 0 Å². The lowest BCUT2D eigenvalue weighted by Gasteiger charge is -2.33. The molecule has 0 N–H and O–H groups in total. The second-order valence-corrected chi connectivity index (χ2v) is 4.16. The van der Waals surface area contributed by atoms with E-state index in [1.165, 1.54) is 5.56 Å². The molecule has 1 aromatic carbocycles. The summed E-state index contributed by atoms with van der Waals surface area (Å²) in [6, 6.07) is 10.7. The lowest BCUT2D eigenvalue weighted by Crippen LogP contribution is -2.28. The van der Waals surface area contributed by atoms with Gasteiger partial charge in [-0.1, -0.05) is 57.2 Å². The molecule has 0 nitrogen and oxygen atoms in total. The monoisotopic (exact) mass is 188 g/mol. The van der Waals surface area contributed by atoms with Crippen LogP contribution in [-0.2, 0) is 5.41 Å². The third-order valence-electron chi connectivity index (χ3n) is 3.53. The van der Waals surface area contributed by atoms with Crippen LogP contribution < -0.4 is 0 Å². The highest BCUT2D eigenvalue weighted by Gasteiger charge is 2.28. The van der Waals surface area contributed by atoms with E-state index >= 15 is 0 Å². The van der Waals surface area contributed by atoms with Gasteiger partial charge in [0.25, 0.3) is 0 Å². The van der Waals surface area contributed by atoms with Crippen LogP contribution in [0.15, 0.2) is 43.0 Å². The van der Waals surface area contributed by atoms with Crippen LogP contribution in [0, 0.1) is 5.92 Å². The first-order chi connectivity index (χ1) is 6.65. The van der Waals surface area contributed by atoms with Crippen LogP contribution in [0.4, 0.5) is 0 Å². The molecule has 0 heterocycles.